The van der Waals surface area contributed by atoms with Gasteiger partial charge in [-0.1, -0.05) is 6.92 Å². The molecular weight excluding hydrogens is 272 g/mol. The van der Waals surface area contributed by atoms with E-state index < -0.39 is 0 Å². The fourth-order valence-corrected chi connectivity index (χ4v) is 2.50. The highest BCUT2D eigenvalue weighted by molar-refractivity contribution is 7.11. The molecule has 0 bridgehead atoms. The summed E-state index contributed by atoms with van der Waals surface area (Å²) in [5.74, 6) is 0.790. The van der Waals surface area contributed by atoms with Crippen molar-refractivity contribution in [2.75, 3.05) is 13.6 Å². The van der Waals surface area contributed by atoms with E-state index in [1.807, 2.05) is 17.0 Å². The van der Waals surface area contributed by atoms with Crippen LogP contribution in [0.3, 0.4) is 0 Å². The third kappa shape index (κ3) is 4.34. The van der Waals surface area contributed by atoms with E-state index >= 15 is 0 Å². The molecule has 0 radical (unpaired) electrons. The summed E-state index contributed by atoms with van der Waals surface area (Å²) in [5, 5.41) is 7.61. The summed E-state index contributed by atoms with van der Waals surface area (Å²) in [4.78, 5) is 13.9. The predicted molar refractivity (Wildman–Crippen MR) is 81.9 cm³/mol. The lowest BCUT2D eigenvalue weighted by molar-refractivity contribution is 0.661. The zero-order chi connectivity index (χ0) is 14.2. The molecule has 0 fully saturated rings. The minimum Gasteiger partial charge on any atom is -0.355 e. The summed E-state index contributed by atoms with van der Waals surface area (Å²) in [5.41, 5.74) is 0. The monoisotopic (exact) mass is 292 g/mol. The van der Waals surface area contributed by atoms with Gasteiger partial charge in [-0.3, -0.25) is 4.99 Å². The first-order chi connectivity index (χ1) is 9.81. The lowest BCUT2D eigenvalue weighted by Crippen LogP contribution is -2.38. The minimum atomic E-state index is 0.704. The summed E-state index contributed by atoms with van der Waals surface area (Å²) in [7, 11) is 1.77. The molecule has 2 aromatic heterocycles. The van der Waals surface area contributed by atoms with Crippen molar-refractivity contribution in [3.8, 4) is 0 Å². The molecule has 7 heteroatoms. The first-order valence-electron chi connectivity index (χ1n) is 6.65. The van der Waals surface area contributed by atoms with Crippen molar-refractivity contribution in [3.05, 3.63) is 34.8 Å². The van der Waals surface area contributed by atoms with Crippen LogP contribution in [0, 0.1) is 0 Å². The SMILES string of the molecule is CCc1cnc(CNC(=NC)NCCn2ccnc2)s1. The van der Waals surface area contributed by atoms with Crippen LogP contribution < -0.4 is 10.6 Å². The summed E-state index contributed by atoms with van der Waals surface area (Å²) < 4.78 is 2.02. The summed E-state index contributed by atoms with van der Waals surface area (Å²) >= 11 is 1.74. The topological polar surface area (TPSA) is 67.1 Å². The maximum atomic E-state index is 4.38. The normalized spacial score (nSPS) is 11.6. The van der Waals surface area contributed by atoms with Crippen LogP contribution in [0.25, 0.3) is 0 Å². The first kappa shape index (κ1) is 14.5. The molecule has 0 aliphatic carbocycles. The van der Waals surface area contributed by atoms with Gasteiger partial charge in [-0.25, -0.2) is 9.97 Å². The molecule has 2 rings (SSSR count). The number of rotatable bonds is 6. The molecule has 0 saturated carbocycles. The van der Waals surface area contributed by atoms with E-state index in [-0.39, 0.29) is 0 Å². The van der Waals surface area contributed by atoms with Crippen molar-refractivity contribution in [3.63, 3.8) is 0 Å². The highest BCUT2D eigenvalue weighted by atomic mass is 32.1. The second-order valence-corrected chi connectivity index (χ2v) is 5.43. The van der Waals surface area contributed by atoms with E-state index in [0.29, 0.717) is 6.54 Å². The average Bonchev–Trinajstić information content (AvgIpc) is 3.13. The zero-order valence-electron chi connectivity index (χ0n) is 11.8. The van der Waals surface area contributed by atoms with Gasteiger partial charge < -0.3 is 15.2 Å². The summed E-state index contributed by atoms with van der Waals surface area (Å²) in [6, 6.07) is 0. The average molecular weight is 292 g/mol. The highest BCUT2D eigenvalue weighted by Crippen LogP contribution is 2.12. The molecule has 0 amide bonds. The molecule has 20 heavy (non-hydrogen) atoms. The largest absolute Gasteiger partial charge is 0.355 e. The van der Waals surface area contributed by atoms with Gasteiger partial charge in [-0.2, -0.15) is 0 Å². The van der Waals surface area contributed by atoms with Gasteiger partial charge in [-0.15, -0.1) is 11.3 Å². The molecular formula is C13H20N6S. The Morgan fingerprint density at radius 3 is 3.00 bits per heavy atom. The third-order valence-electron chi connectivity index (χ3n) is 2.80. The maximum absolute atomic E-state index is 4.38. The van der Waals surface area contributed by atoms with Crippen LogP contribution >= 0.6 is 11.3 Å². The van der Waals surface area contributed by atoms with Gasteiger partial charge in [0.2, 0.25) is 0 Å². The second kappa shape index (κ2) is 7.64. The van der Waals surface area contributed by atoms with Crippen LogP contribution in [0.1, 0.15) is 16.8 Å². The number of thiazole rings is 1. The Kier molecular flexibility index (Phi) is 5.55. The number of nitrogens with zero attached hydrogens (tertiary/aromatic N) is 4. The van der Waals surface area contributed by atoms with Crippen molar-refractivity contribution in [2.45, 2.75) is 26.4 Å². The molecule has 108 valence electrons. The Labute approximate surface area is 123 Å². The van der Waals surface area contributed by atoms with Crippen LogP contribution in [0.2, 0.25) is 0 Å². The predicted octanol–water partition coefficient (Wildman–Crippen LogP) is 1.27. The minimum absolute atomic E-state index is 0.704. The van der Waals surface area contributed by atoms with Crippen molar-refractivity contribution < 1.29 is 0 Å². The molecule has 6 nitrogen and oxygen atoms in total. The molecule has 0 saturated heterocycles. The van der Waals surface area contributed by atoms with Gasteiger partial charge in [0, 0.05) is 43.6 Å². The van der Waals surface area contributed by atoms with E-state index in [2.05, 4.69) is 32.5 Å². The highest BCUT2D eigenvalue weighted by Gasteiger charge is 2.02. The van der Waals surface area contributed by atoms with E-state index in [0.717, 1.165) is 30.5 Å². The fraction of sp³-hybridized carbons (Fsp3) is 0.462. The summed E-state index contributed by atoms with van der Waals surface area (Å²) in [6.45, 7) is 4.50. The van der Waals surface area contributed by atoms with Gasteiger partial charge >= 0.3 is 0 Å². The quantitative estimate of drug-likeness (QED) is 0.621. The smallest absolute Gasteiger partial charge is 0.191 e. The maximum Gasteiger partial charge on any atom is 0.191 e. The molecule has 0 aliphatic heterocycles. The van der Waals surface area contributed by atoms with Crippen molar-refractivity contribution in [1.29, 1.82) is 0 Å². The lowest BCUT2D eigenvalue weighted by Gasteiger charge is -2.10. The van der Waals surface area contributed by atoms with Gasteiger partial charge in [0.15, 0.2) is 5.96 Å². The summed E-state index contributed by atoms with van der Waals surface area (Å²) in [6.07, 6.45) is 8.51. The van der Waals surface area contributed by atoms with Crippen LogP contribution in [0.5, 0.6) is 0 Å². The van der Waals surface area contributed by atoms with Crippen LogP contribution in [0.4, 0.5) is 0 Å². The van der Waals surface area contributed by atoms with Crippen molar-refractivity contribution in [1.82, 2.24) is 25.2 Å². The second-order valence-electron chi connectivity index (χ2n) is 4.23. The Morgan fingerprint density at radius 1 is 1.45 bits per heavy atom. The molecule has 2 heterocycles. The number of hydrogen-bond acceptors (Lipinski definition) is 4. The first-order valence-corrected chi connectivity index (χ1v) is 7.47. The number of imidazole rings is 1. The standard InChI is InChI=1S/C13H20N6S/c1-3-11-8-17-12(20-11)9-18-13(14-2)16-5-7-19-6-4-15-10-19/h4,6,8,10H,3,5,7,9H2,1-2H3,(H2,14,16,18). The van der Waals surface area contributed by atoms with Crippen LogP contribution in [0.15, 0.2) is 29.9 Å². The Morgan fingerprint density at radius 2 is 2.35 bits per heavy atom. The molecule has 2 aromatic rings. The number of nitrogens with one attached hydrogen (secondary N) is 2. The zero-order valence-corrected chi connectivity index (χ0v) is 12.7. The molecule has 0 aliphatic rings. The van der Waals surface area contributed by atoms with Gasteiger partial charge in [0.05, 0.1) is 12.9 Å². The molecule has 0 atom stereocenters. The lowest BCUT2D eigenvalue weighted by atomic mass is 10.4. The van der Waals surface area contributed by atoms with E-state index in [9.17, 15) is 0 Å². The Bertz CT molecular complexity index is 531. The van der Waals surface area contributed by atoms with Gasteiger partial charge in [0.1, 0.15) is 5.01 Å². The van der Waals surface area contributed by atoms with Crippen molar-refractivity contribution >= 4 is 17.3 Å². The number of aliphatic imine (C=N–C) groups is 1. The molecule has 0 aromatic carbocycles. The molecule has 2 N–H and O–H groups in total. The third-order valence-corrected chi connectivity index (χ3v) is 3.94. The van der Waals surface area contributed by atoms with E-state index in [1.54, 1.807) is 30.9 Å². The Balaban J connectivity index is 1.72. The van der Waals surface area contributed by atoms with Crippen LogP contribution in [-0.2, 0) is 19.5 Å². The number of guanidine groups is 1. The van der Waals surface area contributed by atoms with Crippen LogP contribution in [-0.4, -0.2) is 34.1 Å². The molecule has 0 spiro atoms. The molecule has 0 unspecified atom stereocenters. The Hall–Kier alpha value is -1.89. The number of aromatic nitrogens is 3. The van der Waals surface area contributed by atoms with Gasteiger partial charge in [0.25, 0.3) is 0 Å². The van der Waals surface area contributed by atoms with E-state index in [4.69, 9.17) is 0 Å². The van der Waals surface area contributed by atoms with Gasteiger partial charge in [-0.05, 0) is 6.42 Å². The fourth-order valence-electron chi connectivity index (χ4n) is 1.70. The van der Waals surface area contributed by atoms with Crippen molar-refractivity contribution in [2.24, 2.45) is 4.99 Å². The number of hydrogen-bond donors (Lipinski definition) is 2. The van der Waals surface area contributed by atoms with E-state index in [1.165, 1.54) is 4.88 Å². The number of aryl methyl sites for hydroxylation is 1.